The largest absolute Gasteiger partial charge is 0.369 e. The van der Waals surface area contributed by atoms with Gasteiger partial charge < -0.3 is 9.64 Å². The van der Waals surface area contributed by atoms with Crippen molar-refractivity contribution in [2.75, 3.05) is 24.6 Å². The molecule has 0 unspecified atom stereocenters. The highest BCUT2D eigenvalue weighted by molar-refractivity contribution is 7.18. The maximum absolute atomic E-state index is 6.30. The van der Waals surface area contributed by atoms with Crippen LogP contribution in [-0.2, 0) is 16.8 Å². The summed E-state index contributed by atoms with van der Waals surface area (Å²) in [5, 5.41) is 13.1. The van der Waals surface area contributed by atoms with Crippen LogP contribution in [0.2, 0.25) is 0 Å². The zero-order valence-corrected chi connectivity index (χ0v) is 15.5. The summed E-state index contributed by atoms with van der Waals surface area (Å²) in [5.41, 5.74) is 2.57. The van der Waals surface area contributed by atoms with Gasteiger partial charge in [0.2, 0.25) is 5.13 Å². The van der Waals surface area contributed by atoms with Crippen LogP contribution in [0.25, 0.3) is 10.6 Å². The van der Waals surface area contributed by atoms with Crippen molar-refractivity contribution in [1.82, 2.24) is 10.2 Å². The average Bonchev–Trinajstić information content (AvgIpc) is 3.34. The van der Waals surface area contributed by atoms with Gasteiger partial charge in [0.1, 0.15) is 10.6 Å². The number of rotatable bonds is 2. The maximum Gasteiger partial charge on any atom is 0.208 e. The number of fused-ring (bicyclic) bond motifs is 2. The standard InChI is InChI=1S/C19H19N3OS2/c1-2-4-15(5-3-1)17-20-21-18(25-17)22-10-8-19(9-11-22)16-14(6-12-23-19)7-13-24-16/h1-5,7,13H,6,8-12H2. The third kappa shape index (κ3) is 2.69. The van der Waals surface area contributed by atoms with Crippen LogP contribution in [0.5, 0.6) is 0 Å². The Morgan fingerprint density at radius 3 is 2.72 bits per heavy atom. The number of nitrogens with zero attached hydrogens (tertiary/aromatic N) is 3. The Morgan fingerprint density at radius 1 is 1.04 bits per heavy atom. The summed E-state index contributed by atoms with van der Waals surface area (Å²) in [6.45, 7) is 2.79. The molecule has 0 bridgehead atoms. The highest BCUT2D eigenvalue weighted by atomic mass is 32.1. The SMILES string of the molecule is c1ccc(-c2nnc(N3CCC4(CC3)OCCc3ccsc34)s2)cc1. The van der Waals surface area contributed by atoms with E-state index in [0.29, 0.717) is 0 Å². The quantitative estimate of drug-likeness (QED) is 0.674. The molecule has 0 atom stereocenters. The van der Waals surface area contributed by atoms with E-state index < -0.39 is 0 Å². The first kappa shape index (κ1) is 15.5. The van der Waals surface area contributed by atoms with E-state index in [0.717, 1.165) is 54.7 Å². The van der Waals surface area contributed by atoms with Gasteiger partial charge in [0.05, 0.1) is 6.61 Å². The molecule has 1 saturated heterocycles. The van der Waals surface area contributed by atoms with Gasteiger partial charge >= 0.3 is 0 Å². The van der Waals surface area contributed by atoms with Gasteiger partial charge in [-0.25, -0.2) is 0 Å². The topological polar surface area (TPSA) is 38.2 Å². The maximum atomic E-state index is 6.30. The summed E-state index contributed by atoms with van der Waals surface area (Å²) in [4.78, 5) is 3.82. The van der Waals surface area contributed by atoms with Gasteiger partial charge in [-0.2, -0.15) is 0 Å². The lowest BCUT2D eigenvalue weighted by Crippen LogP contribution is -2.46. The molecule has 1 aromatic carbocycles. The number of hydrogen-bond acceptors (Lipinski definition) is 6. The molecule has 128 valence electrons. The van der Waals surface area contributed by atoms with Gasteiger partial charge in [-0.15, -0.1) is 21.5 Å². The molecule has 2 aliphatic heterocycles. The first-order valence-corrected chi connectivity index (χ1v) is 10.4. The lowest BCUT2D eigenvalue weighted by Gasteiger charge is -2.43. The summed E-state index contributed by atoms with van der Waals surface area (Å²) >= 11 is 3.54. The molecule has 2 aliphatic rings. The van der Waals surface area contributed by atoms with Crippen molar-refractivity contribution in [3.63, 3.8) is 0 Å². The molecule has 0 amide bonds. The van der Waals surface area contributed by atoms with E-state index in [4.69, 9.17) is 4.74 Å². The minimum absolute atomic E-state index is 0.0643. The predicted molar refractivity (Wildman–Crippen MR) is 102 cm³/mol. The van der Waals surface area contributed by atoms with Crippen LogP contribution in [0.3, 0.4) is 0 Å². The molecular formula is C19H19N3OS2. The van der Waals surface area contributed by atoms with E-state index in [1.165, 1.54) is 10.4 Å². The van der Waals surface area contributed by atoms with E-state index >= 15 is 0 Å². The lowest BCUT2D eigenvalue weighted by molar-refractivity contribution is -0.0735. The molecule has 2 aromatic heterocycles. The second kappa shape index (κ2) is 6.20. The Kier molecular flexibility index (Phi) is 3.84. The highest BCUT2D eigenvalue weighted by Crippen LogP contribution is 2.45. The van der Waals surface area contributed by atoms with Crippen molar-refractivity contribution in [2.24, 2.45) is 0 Å². The van der Waals surface area contributed by atoms with Crippen molar-refractivity contribution in [3.05, 3.63) is 52.2 Å². The van der Waals surface area contributed by atoms with Crippen molar-refractivity contribution in [2.45, 2.75) is 24.9 Å². The molecule has 1 spiro atoms. The fourth-order valence-electron chi connectivity index (χ4n) is 3.83. The molecule has 4 nitrogen and oxygen atoms in total. The second-order valence-electron chi connectivity index (χ2n) is 6.61. The molecule has 0 radical (unpaired) electrons. The molecule has 5 rings (SSSR count). The summed E-state index contributed by atoms with van der Waals surface area (Å²) < 4.78 is 6.30. The molecule has 1 fully saturated rings. The first-order chi connectivity index (χ1) is 12.3. The molecule has 6 heteroatoms. The third-order valence-corrected chi connectivity index (χ3v) is 7.36. The average molecular weight is 370 g/mol. The molecule has 0 aliphatic carbocycles. The van der Waals surface area contributed by atoms with E-state index in [2.05, 4.69) is 38.7 Å². The van der Waals surface area contributed by atoms with Crippen LogP contribution in [0.1, 0.15) is 23.3 Å². The number of aromatic nitrogens is 2. The highest BCUT2D eigenvalue weighted by Gasteiger charge is 2.42. The molecule has 0 saturated carbocycles. The smallest absolute Gasteiger partial charge is 0.208 e. The lowest BCUT2D eigenvalue weighted by atomic mass is 9.85. The fraction of sp³-hybridized carbons (Fsp3) is 0.368. The molecule has 4 heterocycles. The Hall–Kier alpha value is -1.76. The normalized spacial score (nSPS) is 19.1. The third-order valence-electron chi connectivity index (χ3n) is 5.19. The first-order valence-electron chi connectivity index (χ1n) is 8.69. The monoisotopic (exact) mass is 369 g/mol. The Balaban J connectivity index is 1.34. The van der Waals surface area contributed by atoms with E-state index in [1.54, 1.807) is 11.3 Å². The van der Waals surface area contributed by atoms with Crippen molar-refractivity contribution in [1.29, 1.82) is 0 Å². The van der Waals surface area contributed by atoms with E-state index in [1.807, 2.05) is 29.5 Å². The minimum atomic E-state index is -0.0643. The van der Waals surface area contributed by atoms with Gasteiger partial charge in [-0.3, -0.25) is 0 Å². The summed E-state index contributed by atoms with van der Waals surface area (Å²) in [5.74, 6) is 0. The van der Waals surface area contributed by atoms with Gasteiger partial charge in [-0.05, 0) is 36.3 Å². The number of anilines is 1. The molecular weight excluding hydrogens is 350 g/mol. The number of ether oxygens (including phenoxy) is 1. The van der Waals surface area contributed by atoms with E-state index in [-0.39, 0.29) is 5.60 Å². The van der Waals surface area contributed by atoms with Gasteiger partial charge in [0.15, 0.2) is 0 Å². The Morgan fingerprint density at radius 2 is 1.88 bits per heavy atom. The van der Waals surface area contributed by atoms with Crippen molar-refractivity contribution in [3.8, 4) is 10.6 Å². The zero-order chi connectivity index (χ0) is 16.7. The van der Waals surface area contributed by atoms with Crippen LogP contribution in [0, 0.1) is 0 Å². The number of hydrogen-bond donors (Lipinski definition) is 0. The zero-order valence-electron chi connectivity index (χ0n) is 13.9. The summed E-state index contributed by atoms with van der Waals surface area (Å²) in [6, 6.07) is 12.6. The Bertz CT molecular complexity index is 866. The van der Waals surface area contributed by atoms with Crippen LogP contribution >= 0.6 is 22.7 Å². The Labute approximate surface area is 155 Å². The number of thiophene rings is 1. The minimum Gasteiger partial charge on any atom is -0.369 e. The van der Waals surface area contributed by atoms with Gasteiger partial charge in [0.25, 0.3) is 0 Å². The van der Waals surface area contributed by atoms with Crippen LogP contribution in [0.4, 0.5) is 5.13 Å². The summed E-state index contributed by atoms with van der Waals surface area (Å²) in [6.07, 6.45) is 3.11. The number of piperidine rings is 1. The summed E-state index contributed by atoms with van der Waals surface area (Å²) in [7, 11) is 0. The fourth-order valence-corrected chi connectivity index (χ4v) is 5.90. The van der Waals surface area contributed by atoms with Crippen molar-refractivity contribution < 1.29 is 4.74 Å². The molecule has 3 aromatic rings. The van der Waals surface area contributed by atoms with Crippen LogP contribution < -0.4 is 4.90 Å². The second-order valence-corrected chi connectivity index (χ2v) is 8.48. The van der Waals surface area contributed by atoms with Crippen LogP contribution in [-0.4, -0.2) is 29.9 Å². The molecule has 25 heavy (non-hydrogen) atoms. The van der Waals surface area contributed by atoms with Gasteiger partial charge in [0, 0.05) is 23.5 Å². The molecule has 0 N–H and O–H groups in total. The predicted octanol–water partition coefficient (Wildman–Crippen LogP) is 4.34. The van der Waals surface area contributed by atoms with Crippen molar-refractivity contribution >= 4 is 27.8 Å². The van der Waals surface area contributed by atoms with Gasteiger partial charge in [-0.1, -0.05) is 41.7 Å². The number of benzene rings is 1. The van der Waals surface area contributed by atoms with E-state index in [9.17, 15) is 0 Å². The van der Waals surface area contributed by atoms with Crippen LogP contribution in [0.15, 0.2) is 41.8 Å².